The van der Waals surface area contributed by atoms with Crippen LogP contribution in [0.5, 0.6) is 5.88 Å². The van der Waals surface area contributed by atoms with E-state index in [1.54, 1.807) is 18.3 Å². The molecule has 0 aliphatic carbocycles. The Hall–Kier alpha value is -4.37. The van der Waals surface area contributed by atoms with Crippen molar-refractivity contribution in [2.45, 2.75) is 19.2 Å². The summed E-state index contributed by atoms with van der Waals surface area (Å²) in [6.07, 6.45) is -2.66. The van der Waals surface area contributed by atoms with Crippen LogP contribution in [0.4, 0.5) is 18.9 Å². The topological polar surface area (TPSA) is 137 Å². The van der Waals surface area contributed by atoms with E-state index in [1.165, 1.54) is 36.3 Å². The summed E-state index contributed by atoms with van der Waals surface area (Å²) in [5, 5.41) is 11.9. The number of rotatable bonds is 5. The molecular formula is C23H18F3N7O4S. The van der Waals surface area contributed by atoms with Gasteiger partial charge in [0.05, 0.1) is 36.3 Å². The summed E-state index contributed by atoms with van der Waals surface area (Å²) < 4.78 is 49.2. The minimum absolute atomic E-state index is 0.216. The van der Waals surface area contributed by atoms with Gasteiger partial charge >= 0.3 is 11.9 Å². The normalized spacial score (nSPS) is 12.7. The highest BCUT2D eigenvalue weighted by Crippen LogP contribution is 2.37. The Balaban J connectivity index is 1.73. The predicted molar refractivity (Wildman–Crippen MR) is 132 cm³/mol. The zero-order chi connectivity index (χ0) is 27.4. The monoisotopic (exact) mass is 545 g/mol. The average Bonchev–Trinajstić information content (AvgIpc) is 3.43. The second-order valence-corrected chi connectivity index (χ2v) is 9.16. The van der Waals surface area contributed by atoms with Gasteiger partial charge < -0.3 is 15.2 Å². The molecule has 1 amide bonds. The van der Waals surface area contributed by atoms with Gasteiger partial charge in [0.15, 0.2) is 0 Å². The van der Waals surface area contributed by atoms with Crippen molar-refractivity contribution >= 4 is 44.3 Å². The zero-order valence-electron chi connectivity index (χ0n) is 19.9. The van der Waals surface area contributed by atoms with Crippen LogP contribution in [0.1, 0.15) is 12.5 Å². The number of hydrogen-bond acceptors (Lipinski definition) is 9. The number of aliphatic hydroxyl groups excluding tert-OH is 1. The molecule has 5 aromatic heterocycles. The summed E-state index contributed by atoms with van der Waals surface area (Å²) in [6.45, 7) is 1.11. The smallest absolute Gasteiger partial charge is 0.418 e. The third-order valence-corrected chi connectivity index (χ3v) is 6.71. The molecule has 5 rings (SSSR count). The minimum Gasteiger partial charge on any atom is -0.481 e. The molecule has 0 aromatic carbocycles. The van der Waals surface area contributed by atoms with Gasteiger partial charge in [0.2, 0.25) is 5.88 Å². The molecule has 0 aliphatic rings. The first-order valence-corrected chi connectivity index (χ1v) is 11.7. The number of ether oxygens (including phenoxy) is 1. The van der Waals surface area contributed by atoms with E-state index >= 15 is 0 Å². The standard InChI is InChI=1S/C23H18F3N7O4S/c1-10(34)19(35)30-13-8-27-15(6-12(13)23(24,25)26)33-18-14(32(2)22(33)36)9-29-21-17(18)31-20(38-21)11-4-5-16(37-3)28-7-11/h4-10,34H,1-3H3,(H,30,35). The Morgan fingerprint density at radius 1 is 1.18 bits per heavy atom. The Morgan fingerprint density at radius 3 is 2.58 bits per heavy atom. The number of amides is 1. The van der Waals surface area contributed by atoms with Crippen molar-refractivity contribution in [3.8, 4) is 22.3 Å². The predicted octanol–water partition coefficient (Wildman–Crippen LogP) is 3.14. The summed E-state index contributed by atoms with van der Waals surface area (Å²) >= 11 is 1.22. The van der Waals surface area contributed by atoms with Gasteiger partial charge in [-0.1, -0.05) is 11.3 Å². The Labute approximate surface area is 215 Å². The van der Waals surface area contributed by atoms with Gasteiger partial charge in [-0.05, 0) is 19.1 Å². The number of pyridine rings is 3. The lowest BCUT2D eigenvalue weighted by molar-refractivity contribution is -0.137. The molecule has 1 atom stereocenters. The molecule has 5 heterocycles. The number of carbonyl (C=O) groups excluding carboxylic acids is 1. The molecular weight excluding hydrogens is 527 g/mol. The number of aliphatic hydroxyl groups is 1. The largest absolute Gasteiger partial charge is 0.481 e. The molecule has 11 nitrogen and oxygen atoms in total. The number of aryl methyl sites for hydroxylation is 1. The second-order valence-electron chi connectivity index (χ2n) is 8.18. The van der Waals surface area contributed by atoms with Crippen molar-refractivity contribution in [3.63, 3.8) is 0 Å². The third kappa shape index (κ3) is 4.24. The number of imidazole rings is 1. The van der Waals surface area contributed by atoms with E-state index in [1.807, 2.05) is 5.32 Å². The lowest BCUT2D eigenvalue weighted by Gasteiger charge is -2.15. The lowest BCUT2D eigenvalue weighted by atomic mass is 10.2. The highest BCUT2D eigenvalue weighted by Gasteiger charge is 2.35. The highest BCUT2D eigenvalue weighted by atomic mass is 32.1. The van der Waals surface area contributed by atoms with Crippen LogP contribution >= 0.6 is 11.3 Å². The Kier molecular flexibility index (Phi) is 6.11. The maximum absolute atomic E-state index is 13.9. The van der Waals surface area contributed by atoms with Crippen molar-refractivity contribution in [1.29, 1.82) is 0 Å². The van der Waals surface area contributed by atoms with E-state index in [4.69, 9.17) is 4.74 Å². The molecule has 0 saturated heterocycles. The number of nitrogens with zero attached hydrogens (tertiary/aromatic N) is 6. The number of halogens is 3. The van der Waals surface area contributed by atoms with Crippen LogP contribution in [0.3, 0.4) is 0 Å². The van der Waals surface area contributed by atoms with Gasteiger partial charge in [-0.2, -0.15) is 13.2 Å². The number of hydrogen-bond donors (Lipinski definition) is 2. The Morgan fingerprint density at radius 2 is 1.95 bits per heavy atom. The third-order valence-electron chi connectivity index (χ3n) is 5.70. The molecule has 0 spiro atoms. The fourth-order valence-electron chi connectivity index (χ4n) is 3.77. The highest BCUT2D eigenvalue weighted by molar-refractivity contribution is 7.21. The first-order chi connectivity index (χ1) is 18.0. The van der Waals surface area contributed by atoms with Gasteiger partial charge in [0.25, 0.3) is 5.91 Å². The van der Waals surface area contributed by atoms with E-state index in [9.17, 15) is 27.9 Å². The maximum atomic E-state index is 13.9. The van der Waals surface area contributed by atoms with Crippen molar-refractivity contribution in [2.24, 2.45) is 7.05 Å². The average molecular weight is 546 g/mol. The van der Waals surface area contributed by atoms with Gasteiger partial charge in [-0.15, -0.1) is 0 Å². The number of aromatic nitrogens is 6. The quantitative estimate of drug-likeness (QED) is 0.344. The number of thiazole rings is 1. The summed E-state index contributed by atoms with van der Waals surface area (Å²) in [7, 11) is 2.94. The lowest BCUT2D eigenvalue weighted by Crippen LogP contribution is -2.27. The molecule has 2 N–H and O–H groups in total. The molecule has 5 aromatic rings. The van der Waals surface area contributed by atoms with E-state index in [2.05, 4.69) is 19.9 Å². The molecule has 1 unspecified atom stereocenters. The fraction of sp³-hybridized carbons (Fsp3) is 0.217. The molecule has 0 radical (unpaired) electrons. The molecule has 0 aliphatic heterocycles. The summed E-state index contributed by atoms with van der Waals surface area (Å²) in [5.74, 6) is -0.966. The van der Waals surface area contributed by atoms with Crippen LogP contribution in [0.2, 0.25) is 0 Å². The SMILES string of the molecule is COc1ccc(-c2nc3c(ncc4c3n(-c3cc(C(F)(F)F)c(NC(=O)C(C)O)cn3)c(=O)n4C)s2)cn1. The molecule has 0 bridgehead atoms. The number of alkyl halides is 3. The molecule has 38 heavy (non-hydrogen) atoms. The van der Waals surface area contributed by atoms with Crippen LogP contribution in [-0.4, -0.2) is 53.3 Å². The first-order valence-electron chi connectivity index (χ1n) is 10.9. The fourth-order valence-corrected chi connectivity index (χ4v) is 4.68. The number of nitrogens with one attached hydrogen (secondary N) is 1. The summed E-state index contributed by atoms with van der Waals surface area (Å²) in [6, 6.07) is 4.06. The summed E-state index contributed by atoms with van der Waals surface area (Å²) in [4.78, 5) is 42.7. The second kappa shape index (κ2) is 9.18. The zero-order valence-corrected chi connectivity index (χ0v) is 20.8. The van der Waals surface area contributed by atoms with E-state index in [0.29, 0.717) is 32.9 Å². The van der Waals surface area contributed by atoms with Gasteiger partial charge in [0, 0.05) is 24.9 Å². The first kappa shape index (κ1) is 25.3. The number of carbonyl (C=O) groups is 1. The van der Waals surface area contributed by atoms with Crippen LogP contribution in [-0.2, 0) is 18.0 Å². The number of fused-ring (bicyclic) bond motifs is 3. The maximum Gasteiger partial charge on any atom is 0.418 e. The molecule has 0 fully saturated rings. The number of methoxy groups -OCH3 is 1. The van der Waals surface area contributed by atoms with E-state index < -0.39 is 35.1 Å². The van der Waals surface area contributed by atoms with Crippen LogP contribution in [0, 0.1) is 0 Å². The van der Waals surface area contributed by atoms with Gasteiger partial charge in [-0.25, -0.2) is 29.3 Å². The van der Waals surface area contributed by atoms with E-state index in [-0.39, 0.29) is 16.9 Å². The molecule has 15 heteroatoms. The van der Waals surface area contributed by atoms with E-state index in [0.717, 1.165) is 17.7 Å². The molecule has 0 saturated carbocycles. The van der Waals surface area contributed by atoms with Crippen LogP contribution in [0.25, 0.3) is 37.8 Å². The summed E-state index contributed by atoms with van der Waals surface area (Å²) in [5.41, 5.74) is -1.08. The molecule has 196 valence electrons. The van der Waals surface area contributed by atoms with Crippen molar-refractivity contribution in [2.75, 3.05) is 12.4 Å². The van der Waals surface area contributed by atoms with Crippen LogP contribution in [0.15, 0.2) is 41.6 Å². The minimum atomic E-state index is -4.90. The van der Waals surface area contributed by atoms with Gasteiger partial charge in [0.1, 0.15) is 32.8 Å². The van der Waals surface area contributed by atoms with Crippen molar-refractivity contribution in [1.82, 2.24) is 29.1 Å². The number of anilines is 1. The van der Waals surface area contributed by atoms with Gasteiger partial charge in [-0.3, -0.25) is 9.36 Å². The van der Waals surface area contributed by atoms with Crippen LogP contribution < -0.4 is 15.7 Å². The van der Waals surface area contributed by atoms with Crippen molar-refractivity contribution in [3.05, 3.63) is 52.8 Å². The Bertz CT molecular complexity index is 1760. The van der Waals surface area contributed by atoms with Crippen molar-refractivity contribution < 1.29 is 27.8 Å².